The van der Waals surface area contributed by atoms with Gasteiger partial charge in [-0.1, -0.05) is 33.8 Å². The molecule has 0 atom stereocenters. The molecule has 3 rings (SSSR count). The number of amides is 1. The summed E-state index contributed by atoms with van der Waals surface area (Å²) in [7, 11) is 0. The second-order valence-electron chi connectivity index (χ2n) is 9.12. The summed E-state index contributed by atoms with van der Waals surface area (Å²) in [6.07, 6.45) is -0.157. The van der Waals surface area contributed by atoms with E-state index in [2.05, 4.69) is 11.4 Å². The third kappa shape index (κ3) is 3.60. The van der Waals surface area contributed by atoms with Gasteiger partial charge in [-0.3, -0.25) is 4.79 Å². The molecule has 0 heterocycles. The topological polar surface area (TPSA) is 62.1 Å². The lowest BCUT2D eigenvalue weighted by atomic mass is 9.49. The van der Waals surface area contributed by atoms with Crippen molar-refractivity contribution in [1.29, 1.82) is 5.26 Å². The SMILES string of the molecule is Cc1ccc(C(=O)N[C@H]2C(C)(C)[C@H](Oc3ccc(C#N)c(C)c3)C2(C)C)c(F)c1. The van der Waals surface area contributed by atoms with E-state index in [9.17, 15) is 9.18 Å². The molecule has 0 radical (unpaired) electrons. The van der Waals surface area contributed by atoms with E-state index in [0.29, 0.717) is 11.3 Å². The maximum atomic E-state index is 14.2. The smallest absolute Gasteiger partial charge is 0.254 e. The molecular weight excluding hydrogens is 367 g/mol. The minimum Gasteiger partial charge on any atom is -0.489 e. The second-order valence-corrected chi connectivity index (χ2v) is 9.12. The highest BCUT2D eigenvalue weighted by atomic mass is 19.1. The number of hydrogen-bond donors (Lipinski definition) is 1. The molecule has 0 spiro atoms. The molecule has 1 saturated carbocycles. The number of aryl methyl sites for hydroxylation is 2. The van der Waals surface area contributed by atoms with Gasteiger partial charge in [0.1, 0.15) is 17.7 Å². The van der Waals surface area contributed by atoms with Crippen LogP contribution in [0.15, 0.2) is 36.4 Å². The summed E-state index contributed by atoms with van der Waals surface area (Å²) in [4.78, 5) is 12.7. The first-order chi connectivity index (χ1) is 13.5. The molecule has 0 unspecified atom stereocenters. The van der Waals surface area contributed by atoms with Crippen LogP contribution in [-0.2, 0) is 0 Å². The Morgan fingerprint density at radius 3 is 2.31 bits per heavy atom. The predicted molar refractivity (Wildman–Crippen MR) is 110 cm³/mol. The van der Waals surface area contributed by atoms with E-state index in [0.717, 1.165) is 11.1 Å². The molecule has 5 heteroatoms. The standard InChI is InChI=1S/C24H27FN2O2/c1-14-7-10-18(19(25)11-14)20(28)27-21-23(3,4)22(24(21,5)6)29-17-9-8-16(13-26)15(2)12-17/h7-12,21-22H,1-6H3,(H,27,28)/t21-,22-. The zero-order valence-corrected chi connectivity index (χ0v) is 17.8. The van der Waals surface area contributed by atoms with Gasteiger partial charge in [-0.05, 0) is 55.3 Å². The monoisotopic (exact) mass is 394 g/mol. The number of nitrogens with one attached hydrogen (secondary N) is 1. The van der Waals surface area contributed by atoms with Crippen LogP contribution in [0.25, 0.3) is 0 Å². The van der Waals surface area contributed by atoms with Gasteiger partial charge in [-0.2, -0.15) is 5.26 Å². The third-order valence-corrected chi connectivity index (χ3v) is 6.06. The van der Waals surface area contributed by atoms with Crippen molar-refractivity contribution in [3.63, 3.8) is 0 Å². The van der Waals surface area contributed by atoms with Crippen molar-refractivity contribution in [3.8, 4) is 11.8 Å². The fourth-order valence-electron chi connectivity index (χ4n) is 4.78. The molecule has 1 N–H and O–H groups in total. The number of carbonyl (C=O) groups excluding carboxylic acids is 1. The van der Waals surface area contributed by atoms with Crippen molar-refractivity contribution in [1.82, 2.24) is 5.32 Å². The lowest BCUT2D eigenvalue weighted by Crippen LogP contribution is -2.74. The van der Waals surface area contributed by atoms with E-state index >= 15 is 0 Å². The summed E-state index contributed by atoms with van der Waals surface area (Å²) in [5, 5.41) is 12.1. The van der Waals surface area contributed by atoms with E-state index in [1.54, 1.807) is 25.1 Å². The number of benzene rings is 2. The van der Waals surface area contributed by atoms with Crippen LogP contribution in [-0.4, -0.2) is 18.1 Å². The highest BCUT2D eigenvalue weighted by molar-refractivity contribution is 5.95. The molecule has 1 fully saturated rings. The number of ether oxygens (including phenoxy) is 1. The maximum absolute atomic E-state index is 14.2. The zero-order chi connectivity index (χ0) is 21.6. The number of halogens is 1. The molecule has 4 nitrogen and oxygen atoms in total. The Kier molecular flexibility index (Phi) is 5.17. The van der Waals surface area contributed by atoms with Gasteiger partial charge in [0.2, 0.25) is 0 Å². The first-order valence-corrected chi connectivity index (χ1v) is 9.73. The van der Waals surface area contributed by atoms with Gasteiger partial charge in [0, 0.05) is 16.9 Å². The minimum absolute atomic E-state index is 0.0503. The van der Waals surface area contributed by atoms with Crippen LogP contribution in [0.2, 0.25) is 0 Å². The summed E-state index contributed by atoms with van der Waals surface area (Å²) in [6, 6.07) is 12.0. The third-order valence-electron chi connectivity index (χ3n) is 6.06. The first-order valence-electron chi connectivity index (χ1n) is 9.73. The Bertz CT molecular complexity index is 988. The van der Waals surface area contributed by atoms with Gasteiger partial charge in [0.05, 0.1) is 17.2 Å². The van der Waals surface area contributed by atoms with Crippen molar-refractivity contribution < 1.29 is 13.9 Å². The van der Waals surface area contributed by atoms with Gasteiger partial charge >= 0.3 is 0 Å². The van der Waals surface area contributed by atoms with E-state index in [-0.39, 0.29) is 28.5 Å². The molecule has 0 aromatic heterocycles. The van der Waals surface area contributed by atoms with Crippen molar-refractivity contribution in [2.75, 3.05) is 0 Å². The fraction of sp³-hybridized carbons (Fsp3) is 0.417. The number of nitrogens with zero attached hydrogens (tertiary/aromatic N) is 1. The summed E-state index contributed by atoms with van der Waals surface area (Å²) in [6.45, 7) is 11.8. The van der Waals surface area contributed by atoms with Gasteiger partial charge in [0.25, 0.3) is 5.91 Å². The van der Waals surface area contributed by atoms with E-state index < -0.39 is 11.7 Å². The Morgan fingerprint density at radius 2 is 1.76 bits per heavy atom. The molecular formula is C24H27FN2O2. The van der Waals surface area contributed by atoms with Crippen molar-refractivity contribution in [2.24, 2.45) is 10.8 Å². The molecule has 1 aliphatic carbocycles. The Morgan fingerprint density at radius 1 is 1.10 bits per heavy atom. The summed E-state index contributed by atoms with van der Waals surface area (Å²) in [5.41, 5.74) is 1.59. The summed E-state index contributed by atoms with van der Waals surface area (Å²) in [5.74, 6) is -0.235. The van der Waals surface area contributed by atoms with Crippen LogP contribution in [0.3, 0.4) is 0 Å². The van der Waals surface area contributed by atoms with Gasteiger partial charge in [-0.25, -0.2) is 4.39 Å². The number of nitriles is 1. The molecule has 2 aromatic carbocycles. The highest BCUT2D eigenvalue weighted by Gasteiger charge is 2.64. The van der Waals surface area contributed by atoms with Crippen LogP contribution in [0.5, 0.6) is 5.75 Å². The quantitative estimate of drug-likeness (QED) is 0.800. The van der Waals surface area contributed by atoms with Crippen LogP contribution < -0.4 is 10.1 Å². The molecule has 1 amide bonds. The second kappa shape index (κ2) is 7.18. The Balaban J connectivity index is 1.78. The summed E-state index contributed by atoms with van der Waals surface area (Å²) >= 11 is 0. The zero-order valence-electron chi connectivity index (χ0n) is 17.8. The Hall–Kier alpha value is -2.87. The lowest BCUT2D eigenvalue weighted by Gasteiger charge is -2.63. The molecule has 2 aromatic rings. The van der Waals surface area contributed by atoms with Crippen molar-refractivity contribution >= 4 is 5.91 Å². The molecule has 29 heavy (non-hydrogen) atoms. The maximum Gasteiger partial charge on any atom is 0.254 e. The minimum atomic E-state index is -0.515. The van der Waals surface area contributed by atoms with Crippen LogP contribution in [0.4, 0.5) is 4.39 Å². The van der Waals surface area contributed by atoms with Crippen molar-refractivity contribution in [2.45, 2.75) is 53.7 Å². The van der Waals surface area contributed by atoms with Gasteiger partial charge < -0.3 is 10.1 Å². The normalized spacial score (nSPS) is 21.6. The lowest BCUT2D eigenvalue weighted by molar-refractivity contribution is -0.164. The van der Waals surface area contributed by atoms with Crippen molar-refractivity contribution in [3.05, 3.63) is 64.5 Å². The summed E-state index contributed by atoms with van der Waals surface area (Å²) < 4.78 is 20.5. The van der Waals surface area contributed by atoms with E-state index in [4.69, 9.17) is 10.00 Å². The van der Waals surface area contributed by atoms with Crippen LogP contribution >= 0.6 is 0 Å². The average Bonchev–Trinajstić information content (AvgIpc) is 2.63. The fourth-order valence-corrected chi connectivity index (χ4v) is 4.78. The Labute approximate surface area is 171 Å². The van der Waals surface area contributed by atoms with E-state index in [1.165, 1.54) is 12.1 Å². The molecule has 0 saturated heterocycles. The molecule has 1 aliphatic rings. The number of carbonyl (C=O) groups is 1. The van der Waals surface area contributed by atoms with Gasteiger partial charge in [-0.15, -0.1) is 0 Å². The predicted octanol–water partition coefficient (Wildman–Crippen LogP) is 4.93. The molecule has 0 aliphatic heterocycles. The van der Waals surface area contributed by atoms with Crippen LogP contribution in [0.1, 0.15) is 54.7 Å². The largest absolute Gasteiger partial charge is 0.489 e. The average molecular weight is 394 g/mol. The highest BCUT2D eigenvalue weighted by Crippen LogP contribution is 2.55. The van der Waals surface area contributed by atoms with Crippen LogP contribution in [0, 0.1) is 41.8 Å². The number of rotatable bonds is 4. The molecule has 152 valence electrons. The van der Waals surface area contributed by atoms with Gasteiger partial charge in [0.15, 0.2) is 0 Å². The number of hydrogen-bond acceptors (Lipinski definition) is 3. The molecule has 0 bridgehead atoms. The first kappa shape index (κ1) is 20.9. The van der Waals surface area contributed by atoms with E-state index in [1.807, 2.05) is 40.7 Å².